The van der Waals surface area contributed by atoms with Gasteiger partial charge in [-0.2, -0.15) is 0 Å². The van der Waals surface area contributed by atoms with Gasteiger partial charge in [-0.25, -0.2) is 0 Å². The first-order chi connectivity index (χ1) is 10.4. The van der Waals surface area contributed by atoms with Gasteiger partial charge in [-0.15, -0.1) is 0 Å². The molecule has 0 aliphatic carbocycles. The van der Waals surface area contributed by atoms with Gasteiger partial charge in [-0.1, -0.05) is 28.9 Å². The van der Waals surface area contributed by atoms with Crippen molar-refractivity contribution in [2.24, 2.45) is 0 Å². The van der Waals surface area contributed by atoms with E-state index in [9.17, 15) is 9.59 Å². The van der Waals surface area contributed by atoms with E-state index in [4.69, 9.17) is 10.5 Å². The van der Waals surface area contributed by atoms with E-state index in [1.807, 2.05) is 6.92 Å². The molecule has 0 atom stereocenters. The molecule has 0 amide bonds. The Morgan fingerprint density at radius 2 is 1.77 bits per heavy atom. The van der Waals surface area contributed by atoms with Crippen LogP contribution in [-0.2, 0) is 11.2 Å². The number of hydrogen-bond donors (Lipinski definition) is 1. The third-order valence-corrected chi connectivity index (χ3v) is 3.79. The first-order valence-electron chi connectivity index (χ1n) is 6.84. The monoisotopic (exact) mass is 361 g/mol. The van der Waals surface area contributed by atoms with Gasteiger partial charge in [0.15, 0.2) is 5.78 Å². The molecule has 2 N–H and O–H groups in total. The van der Waals surface area contributed by atoms with Crippen molar-refractivity contribution in [3.8, 4) is 5.75 Å². The second-order valence-electron chi connectivity index (χ2n) is 4.79. The van der Waals surface area contributed by atoms with Gasteiger partial charge in [-0.05, 0) is 42.3 Å². The minimum absolute atomic E-state index is 0.190. The van der Waals surface area contributed by atoms with Crippen LogP contribution >= 0.6 is 15.9 Å². The lowest BCUT2D eigenvalue weighted by molar-refractivity contribution is -0.131. The van der Waals surface area contributed by atoms with Gasteiger partial charge >= 0.3 is 5.97 Å². The van der Waals surface area contributed by atoms with Crippen molar-refractivity contribution < 1.29 is 14.3 Å². The third-order valence-electron chi connectivity index (χ3n) is 3.27. The second kappa shape index (κ2) is 6.75. The van der Waals surface area contributed by atoms with Crippen molar-refractivity contribution >= 4 is 33.4 Å². The van der Waals surface area contributed by atoms with E-state index in [0.29, 0.717) is 17.7 Å². The van der Waals surface area contributed by atoms with Crippen molar-refractivity contribution in [2.45, 2.75) is 20.3 Å². The summed E-state index contributed by atoms with van der Waals surface area (Å²) in [6, 6.07) is 10.3. The van der Waals surface area contributed by atoms with Crippen LogP contribution in [0.25, 0.3) is 0 Å². The molecule has 0 aliphatic heterocycles. The number of esters is 1. The summed E-state index contributed by atoms with van der Waals surface area (Å²) in [7, 11) is 0. The maximum atomic E-state index is 12.8. The number of rotatable bonds is 4. The molecular formula is C17H16BrNO3. The lowest BCUT2D eigenvalue weighted by Crippen LogP contribution is -2.12. The fourth-order valence-corrected chi connectivity index (χ4v) is 2.44. The fraction of sp³-hybridized carbons (Fsp3) is 0.176. The molecule has 0 aliphatic rings. The molecule has 2 aromatic rings. The summed E-state index contributed by atoms with van der Waals surface area (Å²) in [5.74, 6) is -0.569. The van der Waals surface area contributed by atoms with Crippen LogP contribution in [0.2, 0.25) is 0 Å². The van der Waals surface area contributed by atoms with E-state index < -0.39 is 5.97 Å². The molecule has 0 heterocycles. The van der Waals surface area contributed by atoms with Gasteiger partial charge < -0.3 is 10.5 Å². The summed E-state index contributed by atoms with van der Waals surface area (Å²) in [5, 5.41) is 0. The topological polar surface area (TPSA) is 69.4 Å². The number of ether oxygens (including phenoxy) is 1. The highest BCUT2D eigenvalue weighted by molar-refractivity contribution is 9.10. The Morgan fingerprint density at radius 3 is 2.32 bits per heavy atom. The number of nitrogen functional groups attached to an aromatic ring is 1. The van der Waals surface area contributed by atoms with Crippen molar-refractivity contribution in [1.82, 2.24) is 0 Å². The second-order valence-corrected chi connectivity index (χ2v) is 5.71. The third kappa shape index (κ3) is 3.36. The van der Waals surface area contributed by atoms with Gasteiger partial charge in [0.25, 0.3) is 0 Å². The number of carbonyl (C=O) groups is 2. The number of ketones is 1. The van der Waals surface area contributed by atoms with Gasteiger partial charge in [0.1, 0.15) is 5.75 Å². The van der Waals surface area contributed by atoms with Gasteiger partial charge in [0, 0.05) is 22.6 Å². The minimum Gasteiger partial charge on any atom is -0.426 e. The highest BCUT2D eigenvalue weighted by Crippen LogP contribution is 2.31. The standard InChI is InChI=1S/C17H16BrNO3/c1-3-11-6-9-14(22-10(2)20)15(16(11)19)17(21)12-4-7-13(18)8-5-12/h4-9H,3,19H2,1-2H3. The average molecular weight is 362 g/mol. The zero-order chi connectivity index (χ0) is 16.3. The largest absolute Gasteiger partial charge is 0.426 e. The van der Waals surface area contributed by atoms with Crippen LogP contribution in [0.5, 0.6) is 5.75 Å². The first-order valence-corrected chi connectivity index (χ1v) is 7.63. The quantitative estimate of drug-likeness (QED) is 0.389. The SMILES string of the molecule is CCc1ccc(OC(C)=O)c(C(=O)c2ccc(Br)cc2)c1N. The van der Waals surface area contributed by atoms with Gasteiger partial charge in [-0.3, -0.25) is 9.59 Å². The number of halogens is 1. The van der Waals surface area contributed by atoms with Crippen molar-refractivity contribution in [3.05, 3.63) is 57.6 Å². The van der Waals surface area contributed by atoms with E-state index in [-0.39, 0.29) is 17.1 Å². The number of carbonyl (C=O) groups excluding carboxylic acids is 2. The number of anilines is 1. The van der Waals surface area contributed by atoms with E-state index in [1.165, 1.54) is 6.92 Å². The highest BCUT2D eigenvalue weighted by atomic mass is 79.9. The van der Waals surface area contributed by atoms with Crippen LogP contribution in [0.4, 0.5) is 5.69 Å². The smallest absolute Gasteiger partial charge is 0.308 e. The number of hydrogen-bond acceptors (Lipinski definition) is 4. The van der Waals surface area contributed by atoms with Crippen LogP contribution in [-0.4, -0.2) is 11.8 Å². The van der Waals surface area contributed by atoms with Crippen molar-refractivity contribution in [2.75, 3.05) is 5.73 Å². The number of aryl methyl sites for hydroxylation is 1. The molecule has 0 bridgehead atoms. The predicted octanol–water partition coefficient (Wildman–Crippen LogP) is 3.75. The predicted molar refractivity (Wildman–Crippen MR) is 89.1 cm³/mol. The van der Waals surface area contributed by atoms with E-state index in [0.717, 1.165) is 10.0 Å². The van der Waals surface area contributed by atoms with Crippen LogP contribution in [0, 0.1) is 0 Å². The van der Waals surface area contributed by atoms with Crippen LogP contribution in [0.3, 0.4) is 0 Å². The molecule has 4 nitrogen and oxygen atoms in total. The van der Waals surface area contributed by atoms with E-state index in [2.05, 4.69) is 15.9 Å². The molecule has 2 rings (SSSR count). The molecule has 5 heteroatoms. The Balaban J connectivity index is 2.57. The van der Waals surface area contributed by atoms with Gasteiger partial charge in [0.2, 0.25) is 0 Å². The van der Waals surface area contributed by atoms with Crippen LogP contribution in [0.1, 0.15) is 35.3 Å². The van der Waals surface area contributed by atoms with Crippen LogP contribution in [0.15, 0.2) is 40.9 Å². The summed E-state index contributed by atoms with van der Waals surface area (Å²) >= 11 is 3.33. The summed E-state index contributed by atoms with van der Waals surface area (Å²) in [5.41, 5.74) is 8.03. The first kappa shape index (κ1) is 16.2. The molecular weight excluding hydrogens is 346 g/mol. The molecule has 0 saturated carbocycles. The van der Waals surface area contributed by atoms with E-state index >= 15 is 0 Å². The fourth-order valence-electron chi connectivity index (χ4n) is 2.17. The minimum atomic E-state index is -0.492. The maximum absolute atomic E-state index is 12.8. The molecule has 0 spiro atoms. The Kier molecular flexibility index (Phi) is 4.98. The average Bonchev–Trinajstić information content (AvgIpc) is 2.47. The Morgan fingerprint density at radius 1 is 1.14 bits per heavy atom. The molecule has 0 fully saturated rings. The Labute approximate surface area is 137 Å². The maximum Gasteiger partial charge on any atom is 0.308 e. The highest BCUT2D eigenvalue weighted by Gasteiger charge is 2.21. The Hall–Kier alpha value is -2.14. The molecule has 2 aromatic carbocycles. The molecule has 114 valence electrons. The summed E-state index contributed by atoms with van der Waals surface area (Å²) in [4.78, 5) is 24.0. The zero-order valence-electron chi connectivity index (χ0n) is 12.4. The Bertz CT molecular complexity index is 723. The number of benzene rings is 2. The zero-order valence-corrected chi connectivity index (χ0v) is 13.9. The van der Waals surface area contributed by atoms with Crippen LogP contribution < -0.4 is 10.5 Å². The lowest BCUT2D eigenvalue weighted by atomic mass is 9.97. The summed E-state index contributed by atoms with van der Waals surface area (Å²) < 4.78 is 6.02. The summed E-state index contributed by atoms with van der Waals surface area (Å²) in [6.45, 7) is 3.24. The molecule has 22 heavy (non-hydrogen) atoms. The number of nitrogens with two attached hydrogens (primary N) is 1. The normalized spacial score (nSPS) is 10.3. The lowest BCUT2D eigenvalue weighted by Gasteiger charge is -2.14. The van der Waals surface area contributed by atoms with Crippen molar-refractivity contribution in [3.63, 3.8) is 0 Å². The molecule has 0 unspecified atom stereocenters. The molecule has 0 radical (unpaired) electrons. The van der Waals surface area contributed by atoms with Crippen molar-refractivity contribution in [1.29, 1.82) is 0 Å². The van der Waals surface area contributed by atoms with E-state index in [1.54, 1.807) is 36.4 Å². The summed E-state index contributed by atoms with van der Waals surface area (Å²) in [6.07, 6.45) is 0.687. The molecule has 0 aromatic heterocycles. The van der Waals surface area contributed by atoms with Gasteiger partial charge in [0.05, 0.1) is 5.56 Å². The molecule has 0 saturated heterocycles.